The van der Waals surface area contributed by atoms with Crippen molar-refractivity contribution in [2.45, 2.75) is 45.2 Å². The van der Waals surface area contributed by atoms with Gasteiger partial charge in [-0.3, -0.25) is 4.79 Å². The molecule has 1 atom stereocenters. The van der Waals surface area contributed by atoms with Crippen LogP contribution in [0.3, 0.4) is 0 Å². The molecule has 1 aromatic carbocycles. The third kappa shape index (κ3) is 2.82. The average Bonchev–Trinajstić information content (AvgIpc) is 3.22. The fourth-order valence-corrected chi connectivity index (χ4v) is 3.60. The molecule has 126 valence electrons. The van der Waals surface area contributed by atoms with Gasteiger partial charge in [0.15, 0.2) is 5.82 Å². The molecule has 0 radical (unpaired) electrons. The average molecular weight is 325 g/mol. The Balaban J connectivity index is 1.35. The molecule has 0 bridgehead atoms. The van der Waals surface area contributed by atoms with Crippen LogP contribution in [0, 0.1) is 0 Å². The third-order valence-corrected chi connectivity index (χ3v) is 4.95. The number of aryl methyl sites for hydroxylation is 2. The predicted molar refractivity (Wildman–Crippen MR) is 92.0 cm³/mol. The first kappa shape index (κ1) is 15.3. The first-order chi connectivity index (χ1) is 11.7. The van der Waals surface area contributed by atoms with Crippen molar-refractivity contribution in [3.8, 4) is 0 Å². The number of rotatable bonds is 4. The third-order valence-electron chi connectivity index (χ3n) is 4.95. The van der Waals surface area contributed by atoms with Gasteiger partial charge in [0.1, 0.15) is 5.82 Å². The Bertz CT molecular complexity index is 754. The van der Waals surface area contributed by atoms with Gasteiger partial charge in [0.2, 0.25) is 5.91 Å². The number of aromatic nitrogens is 3. The summed E-state index contributed by atoms with van der Waals surface area (Å²) in [6, 6.07) is 8.46. The Morgan fingerprint density at radius 1 is 1.33 bits per heavy atom. The quantitative estimate of drug-likeness (QED) is 0.921. The van der Waals surface area contributed by atoms with E-state index in [9.17, 15) is 4.79 Å². The largest absolute Gasteiger partial charge is 0.311 e. The Morgan fingerprint density at radius 3 is 3.08 bits per heavy atom. The molecule has 1 aromatic heterocycles. The molecule has 6 heteroatoms. The van der Waals surface area contributed by atoms with E-state index in [1.165, 1.54) is 5.56 Å². The van der Waals surface area contributed by atoms with Crippen molar-refractivity contribution < 1.29 is 4.79 Å². The van der Waals surface area contributed by atoms with Crippen molar-refractivity contribution >= 4 is 11.6 Å². The van der Waals surface area contributed by atoms with E-state index in [1.807, 2.05) is 27.8 Å². The van der Waals surface area contributed by atoms with Gasteiger partial charge in [0.05, 0.1) is 13.1 Å². The van der Waals surface area contributed by atoms with E-state index in [1.54, 1.807) is 0 Å². The Kier molecular flexibility index (Phi) is 4.06. The van der Waals surface area contributed by atoms with Gasteiger partial charge >= 0.3 is 0 Å². The molecule has 2 aliphatic heterocycles. The van der Waals surface area contributed by atoms with E-state index in [-0.39, 0.29) is 11.9 Å². The predicted octanol–water partition coefficient (Wildman–Crippen LogP) is 1.33. The molecule has 6 nitrogen and oxygen atoms in total. The van der Waals surface area contributed by atoms with Crippen molar-refractivity contribution in [2.24, 2.45) is 0 Å². The van der Waals surface area contributed by atoms with Crippen LogP contribution in [0.2, 0.25) is 0 Å². The summed E-state index contributed by atoms with van der Waals surface area (Å²) in [6.07, 6.45) is 3.75. The number of hydrogen-bond donors (Lipinski definition) is 1. The number of anilines is 1. The minimum Gasteiger partial charge on any atom is -0.311 e. The van der Waals surface area contributed by atoms with E-state index >= 15 is 0 Å². The summed E-state index contributed by atoms with van der Waals surface area (Å²) in [5, 5.41) is 7.94. The van der Waals surface area contributed by atoms with Gasteiger partial charge in [-0.05, 0) is 24.5 Å². The first-order valence-corrected chi connectivity index (χ1v) is 8.79. The van der Waals surface area contributed by atoms with E-state index in [2.05, 4.69) is 28.4 Å². The highest BCUT2D eigenvalue weighted by molar-refractivity contribution is 5.96. The van der Waals surface area contributed by atoms with Crippen LogP contribution in [0.5, 0.6) is 0 Å². The number of amides is 1. The second kappa shape index (κ2) is 6.36. The summed E-state index contributed by atoms with van der Waals surface area (Å²) >= 11 is 0. The zero-order valence-corrected chi connectivity index (χ0v) is 14.0. The van der Waals surface area contributed by atoms with E-state index in [0.29, 0.717) is 6.54 Å². The number of benzene rings is 1. The number of nitrogens with one attached hydrogen (secondary N) is 1. The zero-order valence-electron chi connectivity index (χ0n) is 14.0. The number of carbonyl (C=O) groups is 1. The molecule has 2 aromatic rings. The second-order valence-corrected chi connectivity index (χ2v) is 6.52. The van der Waals surface area contributed by atoms with Crippen LogP contribution >= 0.6 is 0 Å². The lowest BCUT2D eigenvalue weighted by Gasteiger charge is -2.25. The Hall–Kier alpha value is -2.21. The molecule has 4 rings (SSSR count). The molecule has 24 heavy (non-hydrogen) atoms. The standard InChI is InChI=1S/C18H23N5O/c1-2-16-20-17-8-7-14(12-23(17)21-16)19-11-18(24)22-10-9-13-5-3-4-6-15(13)22/h3-6,14,19H,2,7-12H2,1H3/t14-/m0/s1. The number of fused-ring (bicyclic) bond motifs is 2. The summed E-state index contributed by atoms with van der Waals surface area (Å²) in [7, 11) is 0. The smallest absolute Gasteiger partial charge is 0.240 e. The maximum absolute atomic E-state index is 12.6. The first-order valence-electron chi connectivity index (χ1n) is 8.79. The number of carbonyl (C=O) groups excluding carboxylic acids is 1. The van der Waals surface area contributed by atoms with Crippen LogP contribution in [0.25, 0.3) is 0 Å². The molecule has 0 fully saturated rings. The van der Waals surface area contributed by atoms with Crippen LogP contribution < -0.4 is 10.2 Å². The second-order valence-electron chi connectivity index (χ2n) is 6.52. The van der Waals surface area contributed by atoms with Crippen molar-refractivity contribution in [3.63, 3.8) is 0 Å². The highest BCUT2D eigenvalue weighted by atomic mass is 16.2. The van der Waals surface area contributed by atoms with E-state index in [4.69, 9.17) is 0 Å². The molecule has 0 saturated carbocycles. The van der Waals surface area contributed by atoms with Crippen LogP contribution in [0.4, 0.5) is 5.69 Å². The van der Waals surface area contributed by atoms with Gasteiger partial charge in [-0.2, -0.15) is 5.10 Å². The lowest BCUT2D eigenvalue weighted by molar-refractivity contribution is -0.117. The number of para-hydroxylation sites is 1. The molecule has 2 aliphatic rings. The SMILES string of the molecule is CCc1nc2n(n1)C[C@@H](NCC(=O)N1CCc3ccccc31)CC2. The maximum atomic E-state index is 12.6. The van der Waals surface area contributed by atoms with Gasteiger partial charge < -0.3 is 10.2 Å². The summed E-state index contributed by atoms with van der Waals surface area (Å²) in [6.45, 7) is 4.04. The van der Waals surface area contributed by atoms with E-state index in [0.717, 1.165) is 56.1 Å². The summed E-state index contributed by atoms with van der Waals surface area (Å²) < 4.78 is 2.00. The highest BCUT2D eigenvalue weighted by Gasteiger charge is 2.26. The van der Waals surface area contributed by atoms with Gasteiger partial charge in [-0.15, -0.1) is 0 Å². The minimum atomic E-state index is 0.151. The van der Waals surface area contributed by atoms with Crippen LogP contribution in [0.1, 0.15) is 30.6 Å². The van der Waals surface area contributed by atoms with Gasteiger partial charge in [0.25, 0.3) is 0 Å². The zero-order chi connectivity index (χ0) is 16.5. The number of nitrogens with zero attached hydrogens (tertiary/aromatic N) is 4. The van der Waals surface area contributed by atoms with Crippen molar-refractivity contribution in [3.05, 3.63) is 41.5 Å². The summed E-state index contributed by atoms with van der Waals surface area (Å²) in [4.78, 5) is 19.0. The molecule has 0 aliphatic carbocycles. The Labute approximate surface area is 141 Å². The normalized spacial score (nSPS) is 19.2. The fourth-order valence-electron chi connectivity index (χ4n) is 3.60. The number of hydrogen-bond acceptors (Lipinski definition) is 4. The van der Waals surface area contributed by atoms with Gasteiger partial charge in [0, 0.05) is 31.1 Å². The van der Waals surface area contributed by atoms with E-state index < -0.39 is 0 Å². The van der Waals surface area contributed by atoms with Crippen LogP contribution in [-0.4, -0.2) is 39.8 Å². The minimum absolute atomic E-state index is 0.151. The summed E-state index contributed by atoms with van der Waals surface area (Å²) in [5.74, 6) is 2.14. The highest BCUT2D eigenvalue weighted by Crippen LogP contribution is 2.27. The molecule has 3 heterocycles. The molecule has 0 spiro atoms. The molecule has 0 unspecified atom stereocenters. The fraction of sp³-hybridized carbons (Fsp3) is 0.500. The monoisotopic (exact) mass is 325 g/mol. The van der Waals surface area contributed by atoms with Crippen LogP contribution in [0.15, 0.2) is 24.3 Å². The van der Waals surface area contributed by atoms with Crippen LogP contribution in [-0.2, 0) is 30.6 Å². The molecule has 0 saturated heterocycles. The van der Waals surface area contributed by atoms with Crippen molar-refractivity contribution in [2.75, 3.05) is 18.0 Å². The molecular weight excluding hydrogens is 302 g/mol. The topological polar surface area (TPSA) is 63.1 Å². The molecular formula is C18H23N5O. The maximum Gasteiger partial charge on any atom is 0.240 e. The van der Waals surface area contributed by atoms with Crippen molar-refractivity contribution in [1.29, 1.82) is 0 Å². The molecule has 1 amide bonds. The van der Waals surface area contributed by atoms with Gasteiger partial charge in [-0.1, -0.05) is 25.1 Å². The van der Waals surface area contributed by atoms with Crippen molar-refractivity contribution in [1.82, 2.24) is 20.1 Å². The summed E-state index contributed by atoms with van der Waals surface area (Å²) in [5.41, 5.74) is 2.34. The Morgan fingerprint density at radius 2 is 2.21 bits per heavy atom. The lowest BCUT2D eigenvalue weighted by Crippen LogP contribution is -2.44. The lowest BCUT2D eigenvalue weighted by atomic mass is 10.1. The van der Waals surface area contributed by atoms with Gasteiger partial charge in [-0.25, -0.2) is 9.67 Å². The molecule has 1 N–H and O–H groups in total.